The van der Waals surface area contributed by atoms with Crippen molar-refractivity contribution in [2.45, 2.75) is 30.8 Å². The number of para-hydroxylation sites is 2. The number of aryl methyl sites for hydroxylation is 1. The van der Waals surface area contributed by atoms with E-state index >= 15 is 0 Å². The standard InChI is InChI=1S/C14H18N4O2S/c1-4-18-9-15-17-14(18)21-10(2)13(19)16-11-7-5-6-8-12(11)20-3/h5-10H,4H2,1-3H3,(H,16,19)/t10-/m0/s1. The van der Waals surface area contributed by atoms with Crippen molar-refractivity contribution in [2.24, 2.45) is 0 Å². The van der Waals surface area contributed by atoms with Crippen LogP contribution in [0.5, 0.6) is 5.75 Å². The Kier molecular flexibility index (Phi) is 5.21. The molecule has 1 heterocycles. The average molecular weight is 306 g/mol. The second kappa shape index (κ2) is 7.12. The first-order chi connectivity index (χ1) is 10.2. The molecule has 0 unspecified atom stereocenters. The van der Waals surface area contributed by atoms with E-state index in [-0.39, 0.29) is 11.2 Å². The molecule has 21 heavy (non-hydrogen) atoms. The number of nitrogens with zero attached hydrogens (tertiary/aromatic N) is 3. The number of benzene rings is 1. The van der Waals surface area contributed by atoms with E-state index in [0.717, 1.165) is 11.7 Å². The molecule has 0 aliphatic rings. The summed E-state index contributed by atoms with van der Waals surface area (Å²) in [6.07, 6.45) is 1.66. The van der Waals surface area contributed by atoms with Crippen molar-refractivity contribution in [3.63, 3.8) is 0 Å². The van der Waals surface area contributed by atoms with Gasteiger partial charge in [-0.05, 0) is 26.0 Å². The van der Waals surface area contributed by atoms with Crippen LogP contribution in [0.3, 0.4) is 0 Å². The second-order valence-corrected chi connectivity index (χ2v) is 5.66. The summed E-state index contributed by atoms with van der Waals surface area (Å²) in [5, 5.41) is 11.2. The molecule has 7 heteroatoms. The first kappa shape index (κ1) is 15.4. The maximum atomic E-state index is 12.3. The number of aromatic nitrogens is 3. The molecular formula is C14H18N4O2S. The van der Waals surface area contributed by atoms with E-state index in [1.807, 2.05) is 36.6 Å². The van der Waals surface area contributed by atoms with Crippen LogP contribution in [0, 0.1) is 0 Å². The molecule has 0 saturated heterocycles. The SMILES string of the molecule is CCn1cnnc1S[C@@H](C)C(=O)Nc1ccccc1OC. The van der Waals surface area contributed by atoms with E-state index in [1.54, 1.807) is 19.5 Å². The summed E-state index contributed by atoms with van der Waals surface area (Å²) in [7, 11) is 1.58. The minimum atomic E-state index is -0.288. The number of hydrogen-bond acceptors (Lipinski definition) is 5. The van der Waals surface area contributed by atoms with E-state index in [2.05, 4.69) is 15.5 Å². The average Bonchev–Trinajstić information content (AvgIpc) is 2.94. The highest BCUT2D eigenvalue weighted by Gasteiger charge is 2.18. The molecule has 2 aromatic rings. The van der Waals surface area contributed by atoms with Crippen molar-refractivity contribution in [3.8, 4) is 5.75 Å². The normalized spacial score (nSPS) is 12.0. The van der Waals surface area contributed by atoms with Crippen LogP contribution >= 0.6 is 11.8 Å². The van der Waals surface area contributed by atoms with Gasteiger partial charge in [0.05, 0.1) is 18.0 Å². The minimum Gasteiger partial charge on any atom is -0.495 e. The highest BCUT2D eigenvalue weighted by Crippen LogP contribution is 2.26. The Morgan fingerprint density at radius 3 is 2.95 bits per heavy atom. The van der Waals surface area contributed by atoms with Crippen LogP contribution in [0.25, 0.3) is 0 Å². The fraction of sp³-hybridized carbons (Fsp3) is 0.357. The number of carbonyl (C=O) groups excluding carboxylic acids is 1. The summed E-state index contributed by atoms with van der Waals surface area (Å²) in [4.78, 5) is 12.3. The van der Waals surface area contributed by atoms with Gasteiger partial charge in [0.2, 0.25) is 5.91 Å². The van der Waals surface area contributed by atoms with E-state index in [0.29, 0.717) is 11.4 Å². The van der Waals surface area contributed by atoms with Crippen molar-refractivity contribution in [3.05, 3.63) is 30.6 Å². The Hall–Kier alpha value is -2.02. The lowest BCUT2D eigenvalue weighted by atomic mass is 10.3. The van der Waals surface area contributed by atoms with Gasteiger partial charge in [-0.2, -0.15) is 0 Å². The quantitative estimate of drug-likeness (QED) is 0.830. The zero-order valence-electron chi connectivity index (χ0n) is 12.2. The minimum absolute atomic E-state index is 0.102. The van der Waals surface area contributed by atoms with Crippen LogP contribution in [0.2, 0.25) is 0 Å². The lowest BCUT2D eigenvalue weighted by molar-refractivity contribution is -0.115. The van der Waals surface area contributed by atoms with Crippen molar-refractivity contribution in [1.82, 2.24) is 14.8 Å². The fourth-order valence-corrected chi connectivity index (χ4v) is 2.63. The van der Waals surface area contributed by atoms with Gasteiger partial charge in [-0.1, -0.05) is 23.9 Å². The van der Waals surface area contributed by atoms with Crippen LogP contribution in [-0.4, -0.2) is 33.0 Å². The van der Waals surface area contributed by atoms with Gasteiger partial charge in [-0.3, -0.25) is 4.79 Å². The van der Waals surface area contributed by atoms with Gasteiger partial charge in [0.25, 0.3) is 0 Å². The molecule has 1 aromatic heterocycles. The maximum absolute atomic E-state index is 12.3. The van der Waals surface area contributed by atoms with Crippen molar-refractivity contribution >= 4 is 23.4 Å². The summed E-state index contributed by atoms with van der Waals surface area (Å²) in [6, 6.07) is 7.32. The molecule has 1 aromatic carbocycles. The fourth-order valence-electron chi connectivity index (χ4n) is 1.75. The van der Waals surface area contributed by atoms with Crippen LogP contribution < -0.4 is 10.1 Å². The predicted molar refractivity (Wildman–Crippen MR) is 82.6 cm³/mol. The molecule has 0 bridgehead atoms. The van der Waals surface area contributed by atoms with Gasteiger partial charge in [0.15, 0.2) is 5.16 Å². The van der Waals surface area contributed by atoms with Gasteiger partial charge >= 0.3 is 0 Å². The summed E-state index contributed by atoms with van der Waals surface area (Å²) < 4.78 is 7.12. The van der Waals surface area contributed by atoms with E-state index in [9.17, 15) is 4.79 Å². The molecule has 0 spiro atoms. The van der Waals surface area contributed by atoms with Crippen LogP contribution in [0.15, 0.2) is 35.7 Å². The topological polar surface area (TPSA) is 69.0 Å². The first-order valence-electron chi connectivity index (χ1n) is 6.64. The van der Waals surface area contributed by atoms with Crippen molar-refractivity contribution in [1.29, 1.82) is 0 Å². The number of hydrogen-bond donors (Lipinski definition) is 1. The number of anilines is 1. The number of carbonyl (C=O) groups is 1. The van der Waals surface area contributed by atoms with E-state index in [1.165, 1.54) is 11.8 Å². The molecule has 112 valence electrons. The molecule has 1 N–H and O–H groups in total. The predicted octanol–water partition coefficient (Wildman–Crippen LogP) is 2.43. The Morgan fingerprint density at radius 1 is 1.48 bits per heavy atom. The smallest absolute Gasteiger partial charge is 0.237 e. The monoisotopic (exact) mass is 306 g/mol. The summed E-state index contributed by atoms with van der Waals surface area (Å²) in [6.45, 7) is 4.62. The lowest BCUT2D eigenvalue weighted by Gasteiger charge is -2.13. The van der Waals surface area contributed by atoms with Gasteiger partial charge in [-0.25, -0.2) is 0 Å². The summed E-state index contributed by atoms with van der Waals surface area (Å²) in [5.74, 6) is 0.537. The molecule has 0 saturated carbocycles. The van der Waals surface area contributed by atoms with Crippen LogP contribution in [-0.2, 0) is 11.3 Å². The third-order valence-electron chi connectivity index (χ3n) is 2.94. The number of amides is 1. The Balaban J connectivity index is 2.03. The molecule has 6 nitrogen and oxygen atoms in total. The van der Waals surface area contributed by atoms with Gasteiger partial charge in [0, 0.05) is 6.54 Å². The third-order valence-corrected chi connectivity index (χ3v) is 4.03. The van der Waals surface area contributed by atoms with Crippen molar-refractivity contribution < 1.29 is 9.53 Å². The van der Waals surface area contributed by atoms with Gasteiger partial charge in [-0.15, -0.1) is 10.2 Å². The Morgan fingerprint density at radius 2 is 2.24 bits per heavy atom. The molecule has 2 rings (SSSR count). The maximum Gasteiger partial charge on any atom is 0.237 e. The molecule has 1 amide bonds. The molecule has 0 aliphatic heterocycles. The van der Waals surface area contributed by atoms with Crippen molar-refractivity contribution in [2.75, 3.05) is 12.4 Å². The van der Waals surface area contributed by atoms with E-state index < -0.39 is 0 Å². The molecule has 0 aliphatic carbocycles. The number of methoxy groups -OCH3 is 1. The van der Waals surface area contributed by atoms with Crippen LogP contribution in [0.1, 0.15) is 13.8 Å². The molecular weight excluding hydrogens is 288 g/mol. The molecule has 1 atom stereocenters. The third kappa shape index (κ3) is 3.75. The second-order valence-electron chi connectivity index (χ2n) is 4.35. The first-order valence-corrected chi connectivity index (χ1v) is 7.52. The number of nitrogens with one attached hydrogen (secondary N) is 1. The largest absolute Gasteiger partial charge is 0.495 e. The van der Waals surface area contributed by atoms with Crippen LogP contribution in [0.4, 0.5) is 5.69 Å². The summed E-state index contributed by atoms with van der Waals surface area (Å²) >= 11 is 1.38. The molecule has 0 radical (unpaired) electrons. The number of rotatable bonds is 6. The number of ether oxygens (including phenoxy) is 1. The molecule has 0 fully saturated rings. The Labute approximate surface area is 127 Å². The highest BCUT2D eigenvalue weighted by molar-refractivity contribution is 8.00. The highest BCUT2D eigenvalue weighted by atomic mass is 32.2. The number of thioether (sulfide) groups is 1. The van der Waals surface area contributed by atoms with E-state index in [4.69, 9.17) is 4.74 Å². The zero-order valence-corrected chi connectivity index (χ0v) is 13.1. The summed E-state index contributed by atoms with van der Waals surface area (Å²) in [5.41, 5.74) is 0.661. The lowest BCUT2D eigenvalue weighted by Crippen LogP contribution is -2.23. The Bertz CT molecular complexity index is 615. The van der Waals surface area contributed by atoms with Gasteiger partial charge in [0.1, 0.15) is 12.1 Å². The zero-order chi connectivity index (χ0) is 15.2. The van der Waals surface area contributed by atoms with Gasteiger partial charge < -0.3 is 14.6 Å².